The second kappa shape index (κ2) is 9.72. The number of piperidine rings is 1. The van der Waals surface area contributed by atoms with Crippen molar-refractivity contribution in [2.45, 2.75) is 32.0 Å². The van der Waals surface area contributed by atoms with E-state index in [0.29, 0.717) is 26.0 Å². The Kier molecular flexibility index (Phi) is 7.61. The summed E-state index contributed by atoms with van der Waals surface area (Å²) in [5.74, 6) is -1.89. The van der Waals surface area contributed by atoms with Gasteiger partial charge in [0.05, 0.1) is 18.1 Å². The number of carbonyl (C=O) groups is 2. The SMILES string of the molecule is COCC(C)NC(=O)COC(=O)C1CCCN(c2ncccc2C(F)(F)F)C1. The van der Waals surface area contributed by atoms with Crippen LogP contribution in [0, 0.1) is 5.92 Å². The number of pyridine rings is 1. The van der Waals surface area contributed by atoms with Gasteiger partial charge in [0.25, 0.3) is 5.91 Å². The van der Waals surface area contributed by atoms with Gasteiger partial charge in [-0.3, -0.25) is 9.59 Å². The molecule has 10 heteroatoms. The second-order valence-electron chi connectivity index (χ2n) is 6.69. The molecule has 0 spiro atoms. The molecule has 1 amide bonds. The van der Waals surface area contributed by atoms with Crippen molar-refractivity contribution in [3.8, 4) is 0 Å². The summed E-state index contributed by atoms with van der Waals surface area (Å²) in [6, 6.07) is 1.97. The number of hydrogen-bond donors (Lipinski definition) is 1. The van der Waals surface area contributed by atoms with Gasteiger partial charge in [0.15, 0.2) is 6.61 Å². The fourth-order valence-electron chi connectivity index (χ4n) is 3.09. The number of halogens is 3. The highest BCUT2D eigenvalue weighted by molar-refractivity contribution is 5.81. The van der Waals surface area contributed by atoms with Crippen molar-refractivity contribution in [2.75, 3.05) is 38.3 Å². The molecule has 2 rings (SSSR count). The summed E-state index contributed by atoms with van der Waals surface area (Å²) >= 11 is 0. The van der Waals surface area contributed by atoms with E-state index in [0.717, 1.165) is 6.07 Å². The van der Waals surface area contributed by atoms with Crippen molar-refractivity contribution in [1.29, 1.82) is 0 Å². The van der Waals surface area contributed by atoms with Crippen molar-refractivity contribution in [3.63, 3.8) is 0 Å². The summed E-state index contributed by atoms with van der Waals surface area (Å²) in [6.07, 6.45) is -2.25. The molecule has 1 N–H and O–H groups in total. The maximum atomic E-state index is 13.2. The van der Waals surface area contributed by atoms with Gasteiger partial charge in [-0.1, -0.05) is 0 Å². The number of hydrogen-bond acceptors (Lipinski definition) is 6. The van der Waals surface area contributed by atoms with Crippen LogP contribution in [-0.2, 0) is 25.2 Å². The highest BCUT2D eigenvalue weighted by atomic mass is 19.4. The lowest BCUT2D eigenvalue weighted by molar-refractivity contribution is -0.153. The molecule has 0 aliphatic carbocycles. The predicted octanol–water partition coefficient (Wildman–Crippen LogP) is 2.01. The first-order valence-electron chi connectivity index (χ1n) is 8.94. The van der Waals surface area contributed by atoms with Crippen LogP contribution in [0.1, 0.15) is 25.3 Å². The van der Waals surface area contributed by atoms with E-state index in [2.05, 4.69) is 10.3 Å². The monoisotopic (exact) mass is 403 g/mol. The van der Waals surface area contributed by atoms with Crippen molar-refractivity contribution < 1.29 is 32.2 Å². The van der Waals surface area contributed by atoms with Crippen LogP contribution in [0.2, 0.25) is 0 Å². The number of anilines is 1. The van der Waals surface area contributed by atoms with E-state index in [1.807, 2.05) is 0 Å². The Morgan fingerprint density at radius 1 is 1.43 bits per heavy atom. The van der Waals surface area contributed by atoms with Gasteiger partial charge in [-0.2, -0.15) is 13.2 Å². The van der Waals surface area contributed by atoms with E-state index >= 15 is 0 Å². The second-order valence-corrected chi connectivity index (χ2v) is 6.69. The van der Waals surface area contributed by atoms with Gasteiger partial charge < -0.3 is 19.7 Å². The maximum Gasteiger partial charge on any atom is 0.419 e. The van der Waals surface area contributed by atoms with Crippen molar-refractivity contribution >= 4 is 17.7 Å². The number of alkyl halides is 3. The quantitative estimate of drug-likeness (QED) is 0.702. The van der Waals surface area contributed by atoms with Crippen LogP contribution < -0.4 is 10.2 Å². The Labute approximate surface area is 161 Å². The van der Waals surface area contributed by atoms with Crippen LogP contribution in [0.3, 0.4) is 0 Å². The summed E-state index contributed by atoms with van der Waals surface area (Å²) in [6.45, 7) is 2.04. The minimum Gasteiger partial charge on any atom is -0.455 e. The molecule has 0 aromatic carbocycles. The Morgan fingerprint density at radius 3 is 2.86 bits per heavy atom. The fraction of sp³-hybridized carbons (Fsp3) is 0.611. The Balaban J connectivity index is 1.95. The maximum absolute atomic E-state index is 13.2. The number of rotatable bonds is 7. The Hall–Kier alpha value is -2.36. The Bertz CT molecular complexity index is 684. The van der Waals surface area contributed by atoms with Gasteiger partial charge in [-0.05, 0) is 31.9 Å². The number of ether oxygens (including phenoxy) is 2. The molecule has 0 saturated carbocycles. The third-order valence-electron chi connectivity index (χ3n) is 4.32. The van der Waals surface area contributed by atoms with Crippen molar-refractivity contribution in [2.24, 2.45) is 5.92 Å². The standard InChI is InChI=1S/C18H24F3N3O4/c1-12(10-27-2)23-15(25)11-28-17(26)13-5-4-8-24(9-13)16-14(18(19,20)21)6-3-7-22-16/h3,6-7,12-13H,4-5,8-11H2,1-2H3,(H,23,25). The number of amides is 1. The molecule has 0 radical (unpaired) electrons. The highest BCUT2D eigenvalue weighted by Gasteiger charge is 2.37. The first kappa shape index (κ1) is 21.9. The molecule has 7 nitrogen and oxygen atoms in total. The van der Waals surface area contributed by atoms with E-state index in [4.69, 9.17) is 9.47 Å². The highest BCUT2D eigenvalue weighted by Crippen LogP contribution is 2.36. The Morgan fingerprint density at radius 2 is 2.18 bits per heavy atom. The lowest BCUT2D eigenvalue weighted by Crippen LogP contribution is -2.42. The van der Waals surface area contributed by atoms with Crippen LogP contribution in [0.4, 0.5) is 19.0 Å². The zero-order valence-electron chi connectivity index (χ0n) is 15.8. The van der Waals surface area contributed by atoms with Gasteiger partial charge in [0.1, 0.15) is 5.82 Å². The summed E-state index contributed by atoms with van der Waals surface area (Å²) in [5.41, 5.74) is -0.837. The fourth-order valence-corrected chi connectivity index (χ4v) is 3.09. The van der Waals surface area contributed by atoms with E-state index in [-0.39, 0.29) is 18.4 Å². The molecule has 28 heavy (non-hydrogen) atoms. The number of nitrogens with zero attached hydrogens (tertiary/aromatic N) is 2. The molecular formula is C18H24F3N3O4. The lowest BCUT2D eigenvalue weighted by atomic mass is 9.98. The number of aromatic nitrogens is 1. The van der Waals surface area contributed by atoms with Crippen molar-refractivity contribution in [3.05, 3.63) is 23.9 Å². The van der Waals surface area contributed by atoms with Crippen LogP contribution in [0.25, 0.3) is 0 Å². The molecule has 1 saturated heterocycles. The summed E-state index contributed by atoms with van der Waals surface area (Å²) < 4.78 is 49.6. The number of methoxy groups -OCH3 is 1. The van der Waals surface area contributed by atoms with Crippen LogP contribution in [0.15, 0.2) is 18.3 Å². The third kappa shape index (κ3) is 6.08. The van der Waals surface area contributed by atoms with Crippen LogP contribution in [-0.4, -0.2) is 56.3 Å². The van der Waals surface area contributed by atoms with E-state index in [1.54, 1.807) is 6.92 Å². The van der Waals surface area contributed by atoms with Gasteiger partial charge in [0, 0.05) is 32.4 Å². The average Bonchev–Trinajstić information content (AvgIpc) is 2.65. The molecule has 2 atom stereocenters. The van der Waals surface area contributed by atoms with Gasteiger partial charge >= 0.3 is 12.1 Å². The molecular weight excluding hydrogens is 379 g/mol. The van der Waals surface area contributed by atoms with Crippen LogP contribution in [0.5, 0.6) is 0 Å². The van der Waals surface area contributed by atoms with E-state index in [1.165, 1.54) is 24.3 Å². The molecule has 1 aliphatic heterocycles. The largest absolute Gasteiger partial charge is 0.455 e. The minimum absolute atomic E-state index is 0.0562. The number of carbonyl (C=O) groups excluding carboxylic acids is 2. The van der Waals surface area contributed by atoms with E-state index in [9.17, 15) is 22.8 Å². The predicted molar refractivity (Wildman–Crippen MR) is 94.6 cm³/mol. The normalized spacial score (nSPS) is 18.5. The summed E-state index contributed by atoms with van der Waals surface area (Å²) in [7, 11) is 1.50. The lowest BCUT2D eigenvalue weighted by Gasteiger charge is -2.33. The molecule has 1 fully saturated rings. The molecule has 2 heterocycles. The van der Waals surface area contributed by atoms with Crippen LogP contribution >= 0.6 is 0 Å². The molecule has 1 aromatic rings. The topological polar surface area (TPSA) is 80.8 Å². The van der Waals surface area contributed by atoms with E-state index < -0.39 is 36.1 Å². The summed E-state index contributed by atoms with van der Waals surface area (Å²) in [5, 5.41) is 2.61. The smallest absolute Gasteiger partial charge is 0.419 e. The zero-order valence-corrected chi connectivity index (χ0v) is 15.8. The molecule has 156 valence electrons. The molecule has 1 aromatic heterocycles. The van der Waals surface area contributed by atoms with Gasteiger partial charge in [-0.25, -0.2) is 4.98 Å². The average molecular weight is 403 g/mol. The van der Waals surface area contributed by atoms with Gasteiger partial charge in [0.2, 0.25) is 0 Å². The zero-order chi connectivity index (χ0) is 20.7. The molecule has 2 unspecified atom stereocenters. The first-order valence-corrected chi connectivity index (χ1v) is 8.94. The van der Waals surface area contributed by atoms with Crippen molar-refractivity contribution in [1.82, 2.24) is 10.3 Å². The summed E-state index contributed by atoms with van der Waals surface area (Å²) in [4.78, 5) is 29.4. The van der Waals surface area contributed by atoms with Gasteiger partial charge in [-0.15, -0.1) is 0 Å². The first-order chi connectivity index (χ1) is 13.2. The molecule has 1 aliphatic rings. The number of nitrogens with one attached hydrogen (secondary N) is 1. The third-order valence-corrected chi connectivity index (χ3v) is 4.32. The minimum atomic E-state index is -4.53. The molecule has 0 bridgehead atoms. The number of esters is 1.